The predicted molar refractivity (Wildman–Crippen MR) is 93.6 cm³/mol. The number of benzene rings is 2. The van der Waals surface area contributed by atoms with Gasteiger partial charge in [-0.15, -0.1) is 0 Å². The van der Waals surface area contributed by atoms with Gasteiger partial charge in [0.1, 0.15) is 12.4 Å². The lowest BCUT2D eigenvalue weighted by Gasteiger charge is -2.07. The summed E-state index contributed by atoms with van der Waals surface area (Å²) in [6, 6.07) is 9.87. The number of nitrogens with one attached hydrogen (secondary N) is 1. The molecule has 1 aromatic heterocycles. The molecule has 2 aromatic carbocycles. The van der Waals surface area contributed by atoms with Gasteiger partial charge in [-0.2, -0.15) is 0 Å². The number of fused-ring (bicyclic) bond motifs is 1. The molecule has 1 N–H and O–H groups in total. The molecule has 0 saturated heterocycles. The van der Waals surface area contributed by atoms with Gasteiger partial charge in [-0.3, -0.25) is 24.0 Å². The number of nitrogens with zero attached hydrogens (tertiary/aromatic N) is 3. The van der Waals surface area contributed by atoms with Gasteiger partial charge < -0.3 is 5.32 Å². The average molecular weight is 358 g/mol. The summed E-state index contributed by atoms with van der Waals surface area (Å²) in [5.74, 6) is -1.46. The Hall–Kier alpha value is -3.49. The number of nitro benzene ring substituents is 1. The van der Waals surface area contributed by atoms with Crippen molar-refractivity contribution in [3.63, 3.8) is 0 Å². The van der Waals surface area contributed by atoms with E-state index >= 15 is 0 Å². The fourth-order valence-electron chi connectivity index (χ4n) is 2.79. The zero-order valence-corrected chi connectivity index (χ0v) is 13.8. The first-order chi connectivity index (χ1) is 12.4. The fourth-order valence-corrected chi connectivity index (χ4v) is 2.79. The second-order valence-corrected chi connectivity index (χ2v) is 5.57. The second kappa shape index (κ2) is 6.79. The molecule has 0 spiro atoms. The summed E-state index contributed by atoms with van der Waals surface area (Å²) < 4.78 is 16.6. The smallest absolute Gasteiger partial charge is 0.322 e. The maximum atomic E-state index is 13.8. The van der Waals surface area contributed by atoms with Gasteiger partial charge in [0.25, 0.3) is 5.69 Å². The van der Waals surface area contributed by atoms with Crippen LogP contribution in [0.5, 0.6) is 0 Å². The van der Waals surface area contributed by atoms with Gasteiger partial charge in [0.05, 0.1) is 21.6 Å². The van der Waals surface area contributed by atoms with E-state index in [1.54, 1.807) is 24.3 Å². The highest BCUT2D eigenvalue weighted by molar-refractivity contribution is 5.92. The predicted octanol–water partition coefficient (Wildman–Crippen LogP) is 2.51. The van der Waals surface area contributed by atoms with Crippen LogP contribution in [0.2, 0.25) is 0 Å². The van der Waals surface area contributed by atoms with Crippen molar-refractivity contribution in [1.29, 1.82) is 0 Å². The summed E-state index contributed by atoms with van der Waals surface area (Å²) in [6.07, 6.45) is 0. The van der Waals surface area contributed by atoms with E-state index in [4.69, 9.17) is 0 Å². The number of rotatable bonds is 5. The lowest BCUT2D eigenvalue weighted by atomic mass is 10.2. The standard InChI is InChI=1S/C17H15FN4O4/c1-2-20-14-5-3-4-6-15(14)21(17(20)24)10-16(23)19-13-9-11(22(25)26)7-8-12(13)18/h3-9H,2,10H2,1H3,(H,19,23). The van der Waals surface area contributed by atoms with Crippen LogP contribution in [-0.2, 0) is 17.9 Å². The van der Waals surface area contributed by atoms with Crippen molar-refractivity contribution in [2.45, 2.75) is 20.0 Å². The van der Waals surface area contributed by atoms with Crippen molar-refractivity contribution in [2.24, 2.45) is 0 Å². The summed E-state index contributed by atoms with van der Waals surface area (Å²) in [5, 5.41) is 13.1. The van der Waals surface area contributed by atoms with Gasteiger partial charge in [-0.25, -0.2) is 9.18 Å². The molecular weight excluding hydrogens is 343 g/mol. The molecule has 134 valence electrons. The molecule has 0 aliphatic rings. The number of amides is 1. The summed E-state index contributed by atoms with van der Waals surface area (Å²) in [4.78, 5) is 34.9. The number of non-ortho nitro benzene ring substituents is 1. The van der Waals surface area contributed by atoms with Crippen LogP contribution in [0.1, 0.15) is 6.92 Å². The van der Waals surface area contributed by atoms with Crippen molar-refractivity contribution >= 4 is 28.3 Å². The highest BCUT2D eigenvalue weighted by Crippen LogP contribution is 2.21. The zero-order valence-electron chi connectivity index (χ0n) is 13.8. The average Bonchev–Trinajstić information content (AvgIpc) is 2.88. The van der Waals surface area contributed by atoms with Crippen LogP contribution >= 0.6 is 0 Å². The summed E-state index contributed by atoms with van der Waals surface area (Å²) in [6.45, 7) is 1.92. The largest absolute Gasteiger partial charge is 0.329 e. The minimum absolute atomic E-state index is 0.309. The maximum absolute atomic E-state index is 13.8. The summed E-state index contributed by atoms with van der Waals surface area (Å²) in [5.41, 5.74) is 0.254. The van der Waals surface area contributed by atoms with Crippen molar-refractivity contribution in [3.05, 3.63) is 68.9 Å². The van der Waals surface area contributed by atoms with E-state index in [-0.39, 0.29) is 23.6 Å². The van der Waals surface area contributed by atoms with Crippen LogP contribution in [0.4, 0.5) is 15.8 Å². The highest BCUT2D eigenvalue weighted by Gasteiger charge is 2.17. The number of hydrogen-bond donors (Lipinski definition) is 1. The highest BCUT2D eigenvalue weighted by atomic mass is 19.1. The molecule has 26 heavy (non-hydrogen) atoms. The number of imidazole rings is 1. The van der Waals surface area contributed by atoms with E-state index in [0.717, 1.165) is 18.2 Å². The van der Waals surface area contributed by atoms with Crippen LogP contribution < -0.4 is 11.0 Å². The third kappa shape index (κ3) is 3.06. The van der Waals surface area contributed by atoms with Crippen LogP contribution in [0, 0.1) is 15.9 Å². The number of halogens is 1. The van der Waals surface area contributed by atoms with E-state index in [1.807, 2.05) is 6.92 Å². The Morgan fingerprint density at radius 3 is 2.46 bits per heavy atom. The van der Waals surface area contributed by atoms with Crippen LogP contribution in [0.25, 0.3) is 11.0 Å². The third-order valence-electron chi connectivity index (χ3n) is 3.98. The number of carbonyl (C=O) groups is 1. The minimum Gasteiger partial charge on any atom is -0.322 e. The van der Waals surface area contributed by atoms with Gasteiger partial charge in [0, 0.05) is 18.7 Å². The zero-order chi connectivity index (χ0) is 18.8. The number of aryl methyl sites for hydroxylation is 1. The first kappa shape index (κ1) is 17.3. The molecule has 0 atom stereocenters. The van der Waals surface area contributed by atoms with Gasteiger partial charge in [0.15, 0.2) is 0 Å². The molecule has 1 heterocycles. The van der Waals surface area contributed by atoms with Crippen LogP contribution in [-0.4, -0.2) is 20.0 Å². The van der Waals surface area contributed by atoms with Crippen molar-refractivity contribution < 1.29 is 14.1 Å². The van der Waals surface area contributed by atoms with Crippen LogP contribution in [0.15, 0.2) is 47.3 Å². The van der Waals surface area contributed by atoms with Gasteiger partial charge in [0.2, 0.25) is 5.91 Å². The quantitative estimate of drug-likeness (QED) is 0.559. The van der Waals surface area contributed by atoms with Crippen LogP contribution in [0.3, 0.4) is 0 Å². The lowest BCUT2D eigenvalue weighted by Crippen LogP contribution is -2.29. The molecular formula is C17H15FN4O4. The van der Waals surface area contributed by atoms with E-state index < -0.39 is 16.6 Å². The number of carbonyl (C=O) groups excluding carboxylic acids is 1. The number of nitro groups is 1. The Labute approximate surface area is 146 Å². The first-order valence-corrected chi connectivity index (χ1v) is 7.84. The number of para-hydroxylation sites is 2. The third-order valence-corrected chi connectivity index (χ3v) is 3.98. The Morgan fingerprint density at radius 1 is 1.19 bits per heavy atom. The topological polar surface area (TPSA) is 99.2 Å². The Kier molecular flexibility index (Phi) is 4.53. The normalized spacial score (nSPS) is 10.8. The second-order valence-electron chi connectivity index (χ2n) is 5.57. The first-order valence-electron chi connectivity index (χ1n) is 7.84. The van der Waals surface area contributed by atoms with E-state index in [2.05, 4.69) is 5.32 Å². The summed E-state index contributed by atoms with van der Waals surface area (Å²) in [7, 11) is 0. The molecule has 0 saturated carbocycles. The minimum atomic E-state index is -0.799. The van der Waals surface area contributed by atoms with E-state index in [9.17, 15) is 24.1 Å². The molecule has 8 nitrogen and oxygen atoms in total. The van der Waals surface area contributed by atoms with Gasteiger partial charge in [-0.1, -0.05) is 12.1 Å². The summed E-state index contributed by atoms with van der Waals surface area (Å²) >= 11 is 0. The molecule has 9 heteroatoms. The van der Waals surface area contributed by atoms with Crippen molar-refractivity contribution in [1.82, 2.24) is 9.13 Å². The molecule has 0 unspecified atom stereocenters. The number of anilines is 1. The lowest BCUT2D eigenvalue weighted by molar-refractivity contribution is -0.384. The molecule has 0 aliphatic heterocycles. The van der Waals surface area contributed by atoms with E-state index in [1.165, 1.54) is 9.13 Å². The van der Waals surface area contributed by atoms with Gasteiger partial charge in [-0.05, 0) is 25.1 Å². The molecule has 0 radical (unpaired) electrons. The molecule has 0 bridgehead atoms. The maximum Gasteiger partial charge on any atom is 0.329 e. The molecule has 1 amide bonds. The number of hydrogen-bond acceptors (Lipinski definition) is 4. The Balaban J connectivity index is 1.91. The fraction of sp³-hybridized carbons (Fsp3) is 0.176. The Morgan fingerprint density at radius 2 is 1.85 bits per heavy atom. The van der Waals surface area contributed by atoms with Crippen molar-refractivity contribution in [3.8, 4) is 0 Å². The Bertz CT molecular complexity index is 1070. The monoisotopic (exact) mass is 358 g/mol. The number of aromatic nitrogens is 2. The molecule has 0 fully saturated rings. The van der Waals surface area contributed by atoms with Crippen molar-refractivity contribution in [2.75, 3.05) is 5.32 Å². The molecule has 0 aliphatic carbocycles. The van der Waals surface area contributed by atoms with Gasteiger partial charge >= 0.3 is 5.69 Å². The van der Waals surface area contributed by atoms with E-state index in [0.29, 0.717) is 17.6 Å². The molecule has 3 rings (SSSR count). The SMILES string of the molecule is CCn1c(=O)n(CC(=O)Nc2cc([N+](=O)[O-])ccc2F)c2ccccc21. The molecule has 3 aromatic rings.